The van der Waals surface area contributed by atoms with Gasteiger partial charge in [0.05, 0.1) is 13.0 Å². The fourth-order valence-electron chi connectivity index (χ4n) is 2.98. The maximum atomic E-state index is 12.2. The van der Waals surface area contributed by atoms with Gasteiger partial charge in [-0.25, -0.2) is 0 Å². The van der Waals surface area contributed by atoms with E-state index in [0.29, 0.717) is 31.2 Å². The molecular weight excluding hydrogens is 362 g/mol. The maximum absolute atomic E-state index is 12.2. The predicted octanol–water partition coefficient (Wildman–Crippen LogP) is 3.37. The lowest BCUT2D eigenvalue weighted by molar-refractivity contribution is -0.130. The number of aromatic nitrogens is 2. The van der Waals surface area contributed by atoms with Crippen LogP contribution in [-0.4, -0.2) is 41.1 Å². The van der Waals surface area contributed by atoms with Gasteiger partial charge >= 0.3 is 0 Å². The Kier molecular flexibility index (Phi) is 5.02. The third-order valence-electron chi connectivity index (χ3n) is 4.50. The Morgan fingerprint density at radius 3 is 2.96 bits per heavy atom. The van der Waals surface area contributed by atoms with E-state index in [2.05, 4.69) is 10.1 Å². The molecule has 0 aliphatic carbocycles. The molecule has 1 aromatic carbocycles. The molecule has 6 nitrogen and oxygen atoms in total. The Labute approximate surface area is 161 Å². The van der Waals surface area contributed by atoms with Crippen molar-refractivity contribution in [3.8, 4) is 5.75 Å². The molecule has 0 spiro atoms. The monoisotopic (exact) mass is 381 g/mol. The largest absolute Gasteiger partial charge is 0.496 e. The standard InChI is InChI=1S/C20H19N3O3S/c1-25-17-7-3-2-5-14(17)11-18-21-20(26-22-18)15-12-23(13-15)19(24)9-8-16-6-4-10-27-16/h2-10,15H,11-13H2,1H3/b9-8+. The van der Waals surface area contributed by atoms with Crippen LogP contribution in [0, 0.1) is 0 Å². The van der Waals surface area contributed by atoms with Crippen molar-refractivity contribution in [3.63, 3.8) is 0 Å². The zero-order valence-electron chi connectivity index (χ0n) is 14.9. The number of para-hydroxylation sites is 1. The summed E-state index contributed by atoms with van der Waals surface area (Å²) in [7, 11) is 1.65. The Balaban J connectivity index is 1.33. The molecule has 138 valence electrons. The van der Waals surface area contributed by atoms with Gasteiger partial charge in [-0.2, -0.15) is 4.98 Å². The lowest BCUT2D eigenvalue weighted by atomic mass is 10.00. The lowest BCUT2D eigenvalue weighted by Gasteiger charge is -2.36. The summed E-state index contributed by atoms with van der Waals surface area (Å²) in [6.07, 6.45) is 4.01. The van der Waals surface area contributed by atoms with E-state index in [1.165, 1.54) is 0 Å². The molecule has 3 heterocycles. The molecule has 0 radical (unpaired) electrons. The first-order valence-corrected chi connectivity index (χ1v) is 9.56. The summed E-state index contributed by atoms with van der Waals surface area (Å²) in [4.78, 5) is 19.5. The molecule has 1 aliphatic rings. The normalized spacial score (nSPS) is 14.5. The highest BCUT2D eigenvalue weighted by molar-refractivity contribution is 7.10. The van der Waals surface area contributed by atoms with Gasteiger partial charge in [0.1, 0.15) is 5.75 Å². The van der Waals surface area contributed by atoms with Crippen LogP contribution < -0.4 is 4.74 Å². The number of carbonyl (C=O) groups excluding carboxylic acids is 1. The van der Waals surface area contributed by atoms with E-state index < -0.39 is 0 Å². The molecule has 0 bridgehead atoms. The summed E-state index contributed by atoms with van der Waals surface area (Å²) in [6.45, 7) is 1.20. The Hall–Kier alpha value is -2.93. The Bertz CT molecular complexity index is 943. The Morgan fingerprint density at radius 1 is 1.33 bits per heavy atom. The highest BCUT2D eigenvalue weighted by Crippen LogP contribution is 2.27. The number of carbonyl (C=O) groups is 1. The molecule has 0 N–H and O–H groups in total. The van der Waals surface area contributed by atoms with Gasteiger partial charge < -0.3 is 14.2 Å². The molecular formula is C20H19N3O3S. The van der Waals surface area contributed by atoms with E-state index in [9.17, 15) is 4.79 Å². The smallest absolute Gasteiger partial charge is 0.246 e. The molecule has 1 fully saturated rings. The summed E-state index contributed by atoms with van der Waals surface area (Å²) >= 11 is 1.61. The van der Waals surface area contributed by atoms with Gasteiger partial charge in [-0.05, 0) is 23.6 Å². The molecule has 1 amide bonds. The van der Waals surface area contributed by atoms with E-state index in [1.807, 2.05) is 47.9 Å². The van der Waals surface area contributed by atoms with Crippen LogP contribution in [-0.2, 0) is 11.2 Å². The minimum absolute atomic E-state index is 0.00779. The topological polar surface area (TPSA) is 68.5 Å². The molecule has 0 saturated carbocycles. The number of benzene rings is 1. The molecule has 4 rings (SSSR count). The molecule has 3 aromatic rings. The molecule has 0 unspecified atom stereocenters. The van der Waals surface area contributed by atoms with Crippen molar-refractivity contribution in [1.29, 1.82) is 0 Å². The van der Waals surface area contributed by atoms with Crippen LogP contribution in [0.5, 0.6) is 5.75 Å². The van der Waals surface area contributed by atoms with E-state index in [0.717, 1.165) is 16.2 Å². The Morgan fingerprint density at radius 2 is 2.19 bits per heavy atom. The zero-order valence-corrected chi connectivity index (χ0v) is 15.7. The molecule has 7 heteroatoms. The first kappa shape index (κ1) is 17.5. The number of ether oxygens (including phenoxy) is 1. The highest BCUT2D eigenvalue weighted by Gasteiger charge is 2.34. The van der Waals surface area contributed by atoms with Crippen molar-refractivity contribution in [3.05, 3.63) is 70.0 Å². The quantitative estimate of drug-likeness (QED) is 0.613. The van der Waals surface area contributed by atoms with E-state index in [-0.39, 0.29) is 11.8 Å². The van der Waals surface area contributed by atoms with Crippen LogP contribution in [0.2, 0.25) is 0 Å². The average Bonchev–Trinajstić information content (AvgIpc) is 3.31. The van der Waals surface area contributed by atoms with Gasteiger partial charge in [0.25, 0.3) is 0 Å². The highest BCUT2D eigenvalue weighted by atomic mass is 32.1. The van der Waals surface area contributed by atoms with E-state index in [4.69, 9.17) is 9.26 Å². The molecule has 0 atom stereocenters. The van der Waals surface area contributed by atoms with Gasteiger partial charge in [0.15, 0.2) is 5.82 Å². The van der Waals surface area contributed by atoms with Crippen LogP contribution in [0.1, 0.15) is 28.1 Å². The third-order valence-corrected chi connectivity index (χ3v) is 5.34. The number of nitrogens with zero attached hydrogens (tertiary/aromatic N) is 3. The molecule has 1 saturated heterocycles. The minimum atomic E-state index is 0.00779. The second-order valence-electron chi connectivity index (χ2n) is 6.33. The lowest BCUT2D eigenvalue weighted by Crippen LogP contribution is -2.47. The average molecular weight is 381 g/mol. The van der Waals surface area contributed by atoms with Gasteiger partial charge in [-0.1, -0.05) is 29.4 Å². The summed E-state index contributed by atoms with van der Waals surface area (Å²) in [5.41, 5.74) is 1.01. The second kappa shape index (κ2) is 7.75. The second-order valence-corrected chi connectivity index (χ2v) is 7.31. The van der Waals surface area contributed by atoms with Gasteiger partial charge in [-0.15, -0.1) is 11.3 Å². The van der Waals surface area contributed by atoms with E-state index in [1.54, 1.807) is 29.4 Å². The van der Waals surface area contributed by atoms with Crippen LogP contribution in [0.25, 0.3) is 6.08 Å². The fraction of sp³-hybridized carbons (Fsp3) is 0.250. The van der Waals surface area contributed by atoms with Gasteiger partial charge in [-0.3, -0.25) is 4.79 Å². The number of thiophene rings is 1. The van der Waals surface area contributed by atoms with Crippen LogP contribution in [0.4, 0.5) is 0 Å². The SMILES string of the molecule is COc1ccccc1Cc1noc(C2CN(C(=O)/C=C/c3cccs3)C2)n1. The number of methoxy groups -OCH3 is 1. The van der Waals surface area contributed by atoms with Crippen molar-refractivity contribution in [1.82, 2.24) is 15.0 Å². The molecule has 1 aliphatic heterocycles. The van der Waals surface area contributed by atoms with Crippen molar-refractivity contribution in [2.45, 2.75) is 12.3 Å². The predicted molar refractivity (Wildman–Crippen MR) is 103 cm³/mol. The van der Waals surface area contributed by atoms with Gasteiger partial charge in [0, 0.05) is 36.0 Å². The summed E-state index contributed by atoms with van der Waals surface area (Å²) in [5.74, 6) is 2.13. The van der Waals surface area contributed by atoms with Crippen molar-refractivity contribution in [2.24, 2.45) is 0 Å². The molecule has 2 aromatic heterocycles. The minimum Gasteiger partial charge on any atom is -0.496 e. The summed E-state index contributed by atoms with van der Waals surface area (Å²) < 4.78 is 10.8. The van der Waals surface area contributed by atoms with Crippen molar-refractivity contribution >= 4 is 23.3 Å². The first-order chi connectivity index (χ1) is 13.2. The van der Waals surface area contributed by atoms with E-state index >= 15 is 0 Å². The number of likely N-dealkylation sites (tertiary alicyclic amines) is 1. The van der Waals surface area contributed by atoms with Crippen LogP contribution >= 0.6 is 11.3 Å². The van der Waals surface area contributed by atoms with Crippen LogP contribution in [0.15, 0.2) is 52.4 Å². The van der Waals surface area contributed by atoms with Crippen molar-refractivity contribution < 1.29 is 14.1 Å². The van der Waals surface area contributed by atoms with Crippen molar-refractivity contribution in [2.75, 3.05) is 20.2 Å². The third kappa shape index (κ3) is 3.93. The number of hydrogen-bond donors (Lipinski definition) is 0. The number of amides is 1. The number of hydrogen-bond acceptors (Lipinski definition) is 6. The first-order valence-electron chi connectivity index (χ1n) is 8.68. The van der Waals surface area contributed by atoms with Gasteiger partial charge in [0.2, 0.25) is 11.8 Å². The maximum Gasteiger partial charge on any atom is 0.246 e. The number of rotatable bonds is 6. The molecule has 27 heavy (non-hydrogen) atoms. The zero-order chi connectivity index (χ0) is 18.6. The van der Waals surface area contributed by atoms with Crippen LogP contribution in [0.3, 0.4) is 0 Å². The fourth-order valence-corrected chi connectivity index (χ4v) is 3.60. The summed E-state index contributed by atoms with van der Waals surface area (Å²) in [6, 6.07) is 11.7. The summed E-state index contributed by atoms with van der Waals surface area (Å²) in [5, 5.41) is 6.06.